The van der Waals surface area contributed by atoms with Crippen LogP contribution in [-0.2, 0) is 19.5 Å². The van der Waals surface area contributed by atoms with E-state index in [0.717, 1.165) is 41.2 Å². The molecule has 1 aliphatic heterocycles. The quantitative estimate of drug-likeness (QED) is 0.748. The van der Waals surface area contributed by atoms with Gasteiger partial charge in [-0.15, -0.1) is 11.3 Å². The molecule has 0 spiro atoms. The summed E-state index contributed by atoms with van der Waals surface area (Å²) in [6, 6.07) is 3.72. The van der Waals surface area contributed by atoms with E-state index < -0.39 is 0 Å². The van der Waals surface area contributed by atoms with Gasteiger partial charge < -0.3 is 10.7 Å². The van der Waals surface area contributed by atoms with E-state index >= 15 is 0 Å². The summed E-state index contributed by atoms with van der Waals surface area (Å²) in [5.74, 6) is 0.579. The molecule has 3 N–H and O–H groups in total. The number of aromatic amines is 1. The number of anilines is 1. The molecule has 8 heteroatoms. The molecular weight excluding hydrogens is 324 g/mol. The fraction of sp³-hybridized carbons (Fsp3) is 0.250. The van der Waals surface area contributed by atoms with Gasteiger partial charge in [-0.3, -0.25) is 14.7 Å². The molecule has 0 bridgehead atoms. The van der Waals surface area contributed by atoms with E-state index in [1.54, 1.807) is 18.6 Å². The SMILES string of the molecule is Nc1ncc(CN2CCc3nc(-c4cccnc4)[nH]c(=O)c3C2)s1. The van der Waals surface area contributed by atoms with E-state index in [0.29, 0.717) is 17.5 Å². The van der Waals surface area contributed by atoms with Crippen LogP contribution in [0.15, 0.2) is 35.5 Å². The molecule has 4 rings (SSSR count). The van der Waals surface area contributed by atoms with Crippen molar-refractivity contribution in [2.45, 2.75) is 19.5 Å². The first-order valence-corrected chi connectivity index (χ1v) is 8.45. The third-order valence-corrected chi connectivity index (χ3v) is 4.84. The van der Waals surface area contributed by atoms with Crippen LogP contribution in [-0.4, -0.2) is 31.4 Å². The molecule has 3 aromatic rings. The van der Waals surface area contributed by atoms with Crippen LogP contribution in [0.3, 0.4) is 0 Å². The average molecular weight is 340 g/mol. The van der Waals surface area contributed by atoms with Gasteiger partial charge in [-0.2, -0.15) is 0 Å². The van der Waals surface area contributed by atoms with E-state index in [1.165, 1.54) is 11.3 Å². The van der Waals surface area contributed by atoms with Gasteiger partial charge in [-0.25, -0.2) is 9.97 Å². The lowest BCUT2D eigenvalue weighted by atomic mass is 10.1. The smallest absolute Gasteiger partial charge is 0.255 e. The molecule has 0 saturated carbocycles. The van der Waals surface area contributed by atoms with Crippen molar-refractivity contribution in [1.29, 1.82) is 0 Å². The van der Waals surface area contributed by atoms with Crippen LogP contribution in [0, 0.1) is 0 Å². The standard InChI is InChI=1S/C16H16N6OS/c17-16-19-7-11(24-16)8-22-5-3-13-12(9-22)15(23)21-14(20-13)10-2-1-4-18-6-10/h1-2,4,6-7H,3,5,8-9H2,(H2,17,19)(H,20,21,23). The summed E-state index contributed by atoms with van der Waals surface area (Å²) in [6.45, 7) is 2.19. The normalized spacial score (nSPS) is 14.5. The van der Waals surface area contributed by atoms with Crippen LogP contribution in [0.5, 0.6) is 0 Å². The second-order valence-corrected chi connectivity index (χ2v) is 6.85. The first-order valence-electron chi connectivity index (χ1n) is 7.64. The number of hydrogen-bond acceptors (Lipinski definition) is 7. The fourth-order valence-electron chi connectivity index (χ4n) is 2.87. The van der Waals surface area contributed by atoms with Crippen molar-refractivity contribution in [1.82, 2.24) is 24.8 Å². The van der Waals surface area contributed by atoms with Crippen LogP contribution >= 0.6 is 11.3 Å². The van der Waals surface area contributed by atoms with Gasteiger partial charge in [0.25, 0.3) is 5.56 Å². The molecule has 3 aromatic heterocycles. The van der Waals surface area contributed by atoms with Gasteiger partial charge in [-0.1, -0.05) is 0 Å². The Bertz CT molecular complexity index is 920. The number of pyridine rings is 1. The van der Waals surface area contributed by atoms with Crippen LogP contribution < -0.4 is 11.3 Å². The second kappa shape index (κ2) is 6.14. The molecule has 24 heavy (non-hydrogen) atoms. The largest absolute Gasteiger partial charge is 0.375 e. The number of hydrogen-bond donors (Lipinski definition) is 2. The van der Waals surface area contributed by atoms with E-state index in [1.807, 2.05) is 12.1 Å². The van der Waals surface area contributed by atoms with Gasteiger partial charge in [0.15, 0.2) is 5.13 Å². The molecule has 0 amide bonds. The van der Waals surface area contributed by atoms with Gasteiger partial charge in [0, 0.05) is 55.1 Å². The minimum absolute atomic E-state index is 0.0765. The highest BCUT2D eigenvalue weighted by atomic mass is 32.1. The second-order valence-electron chi connectivity index (χ2n) is 5.71. The predicted molar refractivity (Wildman–Crippen MR) is 92.4 cm³/mol. The molecule has 1 aliphatic rings. The Morgan fingerprint density at radius 3 is 3.04 bits per heavy atom. The molecular formula is C16H16N6OS. The monoisotopic (exact) mass is 340 g/mol. The first-order chi connectivity index (χ1) is 11.7. The predicted octanol–water partition coefficient (Wildman–Crippen LogP) is 1.43. The number of nitrogens with one attached hydrogen (secondary N) is 1. The van der Waals surface area contributed by atoms with E-state index in [9.17, 15) is 4.79 Å². The third kappa shape index (κ3) is 2.93. The topological polar surface area (TPSA) is 101 Å². The van der Waals surface area contributed by atoms with Gasteiger partial charge in [0.05, 0.1) is 11.3 Å². The zero-order valence-corrected chi connectivity index (χ0v) is 13.7. The number of aromatic nitrogens is 4. The summed E-state index contributed by atoms with van der Waals surface area (Å²) in [5.41, 5.74) is 8.03. The number of thiazole rings is 1. The number of nitrogens with zero attached hydrogens (tertiary/aromatic N) is 4. The van der Waals surface area contributed by atoms with E-state index in [-0.39, 0.29) is 5.56 Å². The molecule has 0 radical (unpaired) electrons. The van der Waals surface area contributed by atoms with E-state index in [4.69, 9.17) is 5.73 Å². The average Bonchev–Trinajstić information content (AvgIpc) is 3.01. The lowest BCUT2D eigenvalue weighted by Crippen LogP contribution is -2.35. The first kappa shape index (κ1) is 15.0. The van der Waals surface area contributed by atoms with Crippen molar-refractivity contribution in [3.63, 3.8) is 0 Å². The number of nitrogens with two attached hydrogens (primary N) is 1. The van der Waals surface area contributed by atoms with Crippen LogP contribution in [0.25, 0.3) is 11.4 Å². The molecule has 4 heterocycles. The van der Waals surface area contributed by atoms with Gasteiger partial charge >= 0.3 is 0 Å². The number of fused-ring (bicyclic) bond motifs is 1. The maximum absolute atomic E-state index is 12.5. The lowest BCUT2D eigenvalue weighted by Gasteiger charge is -2.27. The molecule has 122 valence electrons. The number of rotatable bonds is 3. The zero-order chi connectivity index (χ0) is 16.5. The highest BCUT2D eigenvalue weighted by Crippen LogP contribution is 2.22. The minimum Gasteiger partial charge on any atom is -0.375 e. The summed E-state index contributed by atoms with van der Waals surface area (Å²) in [6.07, 6.45) is 5.95. The Balaban J connectivity index is 1.59. The summed E-state index contributed by atoms with van der Waals surface area (Å²) in [7, 11) is 0. The van der Waals surface area contributed by atoms with Crippen molar-refractivity contribution < 1.29 is 0 Å². The highest BCUT2D eigenvalue weighted by molar-refractivity contribution is 7.15. The van der Waals surface area contributed by atoms with Crippen LogP contribution in [0.4, 0.5) is 5.13 Å². The molecule has 0 fully saturated rings. The van der Waals surface area contributed by atoms with Crippen molar-refractivity contribution in [2.75, 3.05) is 12.3 Å². The molecule has 0 atom stereocenters. The van der Waals surface area contributed by atoms with Crippen molar-refractivity contribution in [3.8, 4) is 11.4 Å². The van der Waals surface area contributed by atoms with Crippen molar-refractivity contribution in [2.24, 2.45) is 0 Å². The van der Waals surface area contributed by atoms with E-state index in [2.05, 4.69) is 24.8 Å². The fourth-order valence-corrected chi connectivity index (χ4v) is 3.60. The summed E-state index contributed by atoms with van der Waals surface area (Å²) >= 11 is 1.48. The molecule has 7 nitrogen and oxygen atoms in total. The number of H-pyrrole nitrogens is 1. The molecule has 0 saturated heterocycles. The van der Waals surface area contributed by atoms with Crippen molar-refractivity contribution in [3.05, 3.63) is 57.2 Å². The van der Waals surface area contributed by atoms with Gasteiger partial charge in [0.2, 0.25) is 0 Å². The maximum Gasteiger partial charge on any atom is 0.255 e. The Morgan fingerprint density at radius 2 is 2.29 bits per heavy atom. The summed E-state index contributed by atoms with van der Waals surface area (Å²) < 4.78 is 0. The Labute approximate surface area is 142 Å². The van der Waals surface area contributed by atoms with Crippen LogP contribution in [0.1, 0.15) is 16.1 Å². The molecule has 0 aliphatic carbocycles. The third-order valence-electron chi connectivity index (χ3n) is 4.03. The Hall–Kier alpha value is -2.58. The minimum atomic E-state index is -0.0765. The zero-order valence-electron chi connectivity index (χ0n) is 12.9. The van der Waals surface area contributed by atoms with Crippen LogP contribution in [0.2, 0.25) is 0 Å². The lowest BCUT2D eigenvalue weighted by molar-refractivity contribution is 0.244. The summed E-state index contributed by atoms with van der Waals surface area (Å²) in [4.78, 5) is 31.5. The van der Waals surface area contributed by atoms with Gasteiger partial charge in [-0.05, 0) is 12.1 Å². The van der Waals surface area contributed by atoms with Gasteiger partial charge in [0.1, 0.15) is 5.82 Å². The highest BCUT2D eigenvalue weighted by Gasteiger charge is 2.22. The molecule has 0 unspecified atom stereocenters. The molecule has 0 aromatic carbocycles. The summed E-state index contributed by atoms with van der Waals surface area (Å²) in [5, 5.41) is 0.572. The maximum atomic E-state index is 12.5. The number of nitrogen functional groups attached to an aromatic ring is 1. The van der Waals surface area contributed by atoms with Crippen molar-refractivity contribution >= 4 is 16.5 Å². The Morgan fingerprint density at radius 1 is 1.38 bits per heavy atom. The Kier molecular flexibility index (Phi) is 3.83.